The fourth-order valence-corrected chi connectivity index (χ4v) is 4.88. The van der Waals surface area contributed by atoms with Gasteiger partial charge in [0.15, 0.2) is 0 Å². The van der Waals surface area contributed by atoms with Gasteiger partial charge < -0.3 is 11.1 Å². The smallest absolute Gasteiger partial charge is 0.0918 e. The Labute approximate surface area is 177 Å². The highest BCUT2D eigenvalue weighted by Gasteiger charge is 2.22. The molecule has 0 atom stereocenters. The van der Waals surface area contributed by atoms with Gasteiger partial charge in [0.25, 0.3) is 0 Å². The first-order valence-electron chi connectivity index (χ1n) is 10.9. The van der Waals surface area contributed by atoms with Gasteiger partial charge in [0, 0.05) is 23.3 Å². The summed E-state index contributed by atoms with van der Waals surface area (Å²) in [5.41, 5.74) is 16.1. The van der Waals surface area contributed by atoms with Crippen molar-refractivity contribution in [1.82, 2.24) is 5.32 Å². The number of fused-ring (bicyclic) bond motifs is 6. The second-order valence-corrected chi connectivity index (χ2v) is 8.16. The van der Waals surface area contributed by atoms with Gasteiger partial charge in [-0.2, -0.15) is 0 Å². The van der Waals surface area contributed by atoms with Gasteiger partial charge >= 0.3 is 0 Å². The fourth-order valence-electron chi connectivity index (χ4n) is 4.88. The number of nitrogens with one attached hydrogen (secondary N) is 1. The Kier molecular flexibility index (Phi) is 5.10. The lowest BCUT2D eigenvalue weighted by atomic mass is 9.78. The maximum atomic E-state index is 6.14. The van der Waals surface area contributed by atoms with E-state index in [1.54, 1.807) is 23.0 Å². The number of hydrogen-bond donors (Lipinski definition) is 2. The molecular weight excluding hydrogens is 366 g/mol. The molecule has 0 saturated heterocycles. The van der Waals surface area contributed by atoms with Gasteiger partial charge in [-0.05, 0) is 83.2 Å². The SMILES string of the molecule is C1=NC=c2ccccc2=CN1.Nc1cccc2c1CCc1c-2ccc2c1CCCC2. The summed E-state index contributed by atoms with van der Waals surface area (Å²) in [4.78, 5) is 4.02. The van der Waals surface area contributed by atoms with Crippen LogP contribution in [0.1, 0.15) is 35.1 Å². The lowest BCUT2D eigenvalue weighted by Gasteiger charge is -2.27. The standard InChI is InChI=1S/C18H19N.C9H8N2/c19-18-7-3-6-14-16-9-8-12-4-1-2-5-13(12)15(16)10-11-17(14)18;1-2-4-9-6-11-7-10-5-8(9)3-1/h3,6-9H,1-2,4-5,10-11,19H2;1-7H,(H,10,11). The molecule has 6 rings (SSSR count). The number of aliphatic imine (C=N–C) groups is 1. The molecule has 3 heteroatoms. The molecule has 3 aliphatic rings. The summed E-state index contributed by atoms with van der Waals surface area (Å²) in [5.74, 6) is 0. The third-order valence-electron chi connectivity index (χ3n) is 6.38. The Morgan fingerprint density at radius 1 is 0.700 bits per heavy atom. The van der Waals surface area contributed by atoms with Crippen LogP contribution >= 0.6 is 0 Å². The van der Waals surface area contributed by atoms with Crippen LogP contribution in [0.2, 0.25) is 0 Å². The molecule has 1 aliphatic heterocycles. The molecule has 0 spiro atoms. The molecule has 2 aliphatic carbocycles. The van der Waals surface area contributed by atoms with Gasteiger partial charge in [0.05, 0.1) is 6.34 Å². The van der Waals surface area contributed by atoms with E-state index in [0.29, 0.717) is 0 Å². The summed E-state index contributed by atoms with van der Waals surface area (Å²) < 4.78 is 0. The van der Waals surface area contributed by atoms with Crippen LogP contribution in [-0.2, 0) is 25.7 Å². The predicted octanol–water partition coefficient (Wildman–Crippen LogP) is 3.71. The Balaban J connectivity index is 0.000000149. The molecule has 0 unspecified atom stereocenters. The van der Waals surface area contributed by atoms with Crippen LogP contribution in [0.3, 0.4) is 0 Å². The molecular formula is C27H27N3. The first kappa shape index (κ1) is 18.7. The maximum Gasteiger partial charge on any atom is 0.0918 e. The predicted molar refractivity (Wildman–Crippen MR) is 127 cm³/mol. The third kappa shape index (κ3) is 3.52. The summed E-state index contributed by atoms with van der Waals surface area (Å²) in [5, 5.41) is 5.27. The molecule has 3 N–H and O–H groups in total. The van der Waals surface area contributed by atoms with E-state index in [1.165, 1.54) is 54.0 Å². The molecule has 0 amide bonds. The number of anilines is 1. The van der Waals surface area contributed by atoms with E-state index >= 15 is 0 Å². The van der Waals surface area contributed by atoms with Gasteiger partial charge in [-0.3, -0.25) is 0 Å². The topological polar surface area (TPSA) is 50.4 Å². The van der Waals surface area contributed by atoms with E-state index in [2.05, 4.69) is 34.6 Å². The van der Waals surface area contributed by atoms with Crippen molar-refractivity contribution in [3.63, 3.8) is 0 Å². The van der Waals surface area contributed by atoms with Gasteiger partial charge in [-0.15, -0.1) is 0 Å². The third-order valence-corrected chi connectivity index (χ3v) is 6.38. The summed E-state index contributed by atoms with van der Waals surface area (Å²) >= 11 is 0. The van der Waals surface area contributed by atoms with Crippen LogP contribution in [-0.4, -0.2) is 6.34 Å². The van der Waals surface area contributed by atoms with Crippen molar-refractivity contribution in [2.24, 2.45) is 4.99 Å². The second kappa shape index (κ2) is 8.19. The Morgan fingerprint density at radius 3 is 2.43 bits per heavy atom. The van der Waals surface area contributed by atoms with Crippen molar-refractivity contribution < 1.29 is 0 Å². The summed E-state index contributed by atoms with van der Waals surface area (Å²) in [6, 6.07) is 19.1. The minimum Gasteiger partial charge on any atom is -0.398 e. The summed E-state index contributed by atoms with van der Waals surface area (Å²) in [7, 11) is 0. The number of benzene rings is 3. The number of aryl methyl sites for hydroxylation is 1. The molecule has 0 saturated carbocycles. The van der Waals surface area contributed by atoms with Crippen molar-refractivity contribution >= 4 is 24.4 Å². The minimum atomic E-state index is 0.959. The van der Waals surface area contributed by atoms with E-state index in [0.717, 1.165) is 17.3 Å². The largest absolute Gasteiger partial charge is 0.398 e. The Bertz CT molecular complexity index is 1240. The first-order valence-corrected chi connectivity index (χ1v) is 10.9. The minimum absolute atomic E-state index is 0.959. The number of hydrogen-bond acceptors (Lipinski definition) is 3. The lowest BCUT2D eigenvalue weighted by molar-refractivity contribution is 0.676. The van der Waals surface area contributed by atoms with Crippen LogP contribution in [0.4, 0.5) is 5.69 Å². The normalized spacial score (nSPS) is 15.3. The molecule has 150 valence electrons. The monoisotopic (exact) mass is 393 g/mol. The van der Waals surface area contributed by atoms with E-state index in [4.69, 9.17) is 5.73 Å². The lowest BCUT2D eigenvalue weighted by Crippen LogP contribution is -2.24. The summed E-state index contributed by atoms with van der Waals surface area (Å²) in [6.07, 6.45) is 13.0. The highest BCUT2D eigenvalue weighted by Crippen LogP contribution is 2.40. The zero-order valence-electron chi connectivity index (χ0n) is 17.2. The average molecular weight is 394 g/mol. The molecule has 0 aromatic heterocycles. The molecule has 3 aromatic rings. The zero-order valence-corrected chi connectivity index (χ0v) is 17.2. The van der Waals surface area contributed by atoms with Crippen LogP contribution < -0.4 is 21.5 Å². The van der Waals surface area contributed by atoms with Crippen LogP contribution in [0, 0.1) is 0 Å². The highest BCUT2D eigenvalue weighted by atomic mass is 14.9. The van der Waals surface area contributed by atoms with E-state index < -0.39 is 0 Å². The molecule has 3 aromatic carbocycles. The van der Waals surface area contributed by atoms with Crippen molar-refractivity contribution in [3.05, 3.63) is 87.3 Å². The quantitative estimate of drug-likeness (QED) is 0.572. The molecule has 0 radical (unpaired) electrons. The maximum absolute atomic E-state index is 6.14. The first-order chi connectivity index (χ1) is 14.8. The van der Waals surface area contributed by atoms with Gasteiger partial charge in [-0.1, -0.05) is 48.5 Å². The van der Waals surface area contributed by atoms with Crippen LogP contribution in [0.15, 0.2) is 59.6 Å². The van der Waals surface area contributed by atoms with Crippen molar-refractivity contribution in [1.29, 1.82) is 0 Å². The van der Waals surface area contributed by atoms with Gasteiger partial charge in [0.1, 0.15) is 0 Å². The Morgan fingerprint density at radius 2 is 1.50 bits per heavy atom. The highest BCUT2D eigenvalue weighted by molar-refractivity contribution is 5.79. The molecule has 1 heterocycles. The van der Waals surface area contributed by atoms with Crippen LogP contribution in [0.5, 0.6) is 0 Å². The molecule has 0 bridgehead atoms. The van der Waals surface area contributed by atoms with Crippen molar-refractivity contribution in [2.75, 3.05) is 5.73 Å². The molecule has 0 fully saturated rings. The van der Waals surface area contributed by atoms with Gasteiger partial charge in [-0.25, -0.2) is 4.99 Å². The second-order valence-electron chi connectivity index (χ2n) is 8.16. The fraction of sp³-hybridized carbons (Fsp3) is 0.222. The van der Waals surface area contributed by atoms with Crippen LogP contribution in [0.25, 0.3) is 23.5 Å². The average Bonchev–Trinajstić information content (AvgIpc) is 3.05. The van der Waals surface area contributed by atoms with E-state index in [-0.39, 0.29) is 0 Å². The molecule has 3 nitrogen and oxygen atoms in total. The van der Waals surface area contributed by atoms with Crippen molar-refractivity contribution in [3.8, 4) is 11.1 Å². The number of nitrogens with two attached hydrogens (primary N) is 1. The zero-order chi connectivity index (χ0) is 20.3. The Hall–Kier alpha value is -3.33. The van der Waals surface area contributed by atoms with Crippen molar-refractivity contribution in [2.45, 2.75) is 38.5 Å². The van der Waals surface area contributed by atoms with Gasteiger partial charge in [0.2, 0.25) is 0 Å². The van der Waals surface area contributed by atoms with E-state index in [1.807, 2.05) is 42.7 Å². The summed E-state index contributed by atoms with van der Waals surface area (Å²) in [6.45, 7) is 0. The van der Waals surface area contributed by atoms with E-state index in [9.17, 15) is 0 Å². The number of nitrogen functional groups attached to an aromatic ring is 1. The number of nitrogens with zero attached hydrogens (tertiary/aromatic N) is 1. The molecule has 30 heavy (non-hydrogen) atoms. The number of rotatable bonds is 0.